The van der Waals surface area contributed by atoms with Crippen LogP contribution in [0.4, 0.5) is 0 Å². The number of ether oxygens (including phenoxy) is 2. The number of rotatable bonds is 8. The standard InChI is InChI=1S/C16H26N2O3/c1-5-20-14-8-7-13(9-15(14)21-6-2)16(19)18(4)11-12(3)10-17/h7-9,12H,5-6,10-11,17H2,1-4H3. The van der Waals surface area contributed by atoms with Gasteiger partial charge in [0.05, 0.1) is 13.2 Å². The van der Waals surface area contributed by atoms with Crippen molar-refractivity contribution in [1.29, 1.82) is 0 Å². The molecule has 0 saturated heterocycles. The molecule has 1 rings (SSSR count). The van der Waals surface area contributed by atoms with E-state index in [2.05, 4.69) is 0 Å². The van der Waals surface area contributed by atoms with Gasteiger partial charge in [0.15, 0.2) is 11.5 Å². The maximum atomic E-state index is 12.4. The van der Waals surface area contributed by atoms with Crippen molar-refractivity contribution in [3.05, 3.63) is 23.8 Å². The highest BCUT2D eigenvalue weighted by Gasteiger charge is 2.16. The molecular formula is C16H26N2O3. The highest BCUT2D eigenvalue weighted by atomic mass is 16.5. The number of carbonyl (C=O) groups excluding carboxylic acids is 1. The minimum Gasteiger partial charge on any atom is -0.490 e. The first-order valence-corrected chi connectivity index (χ1v) is 7.38. The molecule has 0 saturated carbocycles. The third-order valence-electron chi connectivity index (χ3n) is 3.12. The van der Waals surface area contributed by atoms with Gasteiger partial charge >= 0.3 is 0 Å². The number of nitrogens with zero attached hydrogens (tertiary/aromatic N) is 1. The summed E-state index contributed by atoms with van der Waals surface area (Å²) in [5.74, 6) is 1.49. The summed E-state index contributed by atoms with van der Waals surface area (Å²) >= 11 is 0. The van der Waals surface area contributed by atoms with Crippen LogP contribution in [0.2, 0.25) is 0 Å². The molecule has 1 unspecified atom stereocenters. The van der Waals surface area contributed by atoms with Crippen molar-refractivity contribution in [2.45, 2.75) is 20.8 Å². The third-order valence-corrected chi connectivity index (χ3v) is 3.12. The molecule has 0 spiro atoms. The van der Waals surface area contributed by atoms with Gasteiger partial charge in [-0.25, -0.2) is 0 Å². The fourth-order valence-corrected chi connectivity index (χ4v) is 2.03. The molecule has 1 amide bonds. The van der Waals surface area contributed by atoms with Gasteiger partial charge in [-0.2, -0.15) is 0 Å². The second-order valence-electron chi connectivity index (χ2n) is 5.05. The molecule has 2 N–H and O–H groups in total. The first-order chi connectivity index (χ1) is 10.0. The summed E-state index contributed by atoms with van der Waals surface area (Å²) in [5.41, 5.74) is 6.19. The zero-order valence-electron chi connectivity index (χ0n) is 13.4. The van der Waals surface area contributed by atoms with Crippen LogP contribution in [0.3, 0.4) is 0 Å². The molecule has 5 nitrogen and oxygen atoms in total. The largest absolute Gasteiger partial charge is 0.490 e. The van der Waals surface area contributed by atoms with E-state index in [1.807, 2.05) is 20.8 Å². The maximum Gasteiger partial charge on any atom is 0.253 e. The topological polar surface area (TPSA) is 64.8 Å². The number of carbonyl (C=O) groups is 1. The van der Waals surface area contributed by atoms with Crippen LogP contribution in [0.25, 0.3) is 0 Å². The van der Waals surface area contributed by atoms with E-state index < -0.39 is 0 Å². The second-order valence-corrected chi connectivity index (χ2v) is 5.05. The van der Waals surface area contributed by atoms with Gasteiger partial charge in [0.1, 0.15) is 0 Å². The Morgan fingerprint density at radius 1 is 1.24 bits per heavy atom. The van der Waals surface area contributed by atoms with E-state index >= 15 is 0 Å². The molecule has 118 valence electrons. The molecule has 0 aliphatic heterocycles. The van der Waals surface area contributed by atoms with Crippen molar-refractivity contribution in [3.63, 3.8) is 0 Å². The van der Waals surface area contributed by atoms with Gasteiger partial charge in [0.2, 0.25) is 0 Å². The molecule has 0 aromatic heterocycles. The lowest BCUT2D eigenvalue weighted by Crippen LogP contribution is -2.33. The van der Waals surface area contributed by atoms with Crippen molar-refractivity contribution < 1.29 is 14.3 Å². The predicted molar refractivity (Wildman–Crippen MR) is 84.0 cm³/mol. The van der Waals surface area contributed by atoms with Crippen LogP contribution >= 0.6 is 0 Å². The van der Waals surface area contributed by atoms with Crippen LogP contribution in [-0.4, -0.2) is 44.2 Å². The van der Waals surface area contributed by atoms with Crippen LogP contribution in [0, 0.1) is 5.92 Å². The second kappa shape index (κ2) is 8.52. The summed E-state index contributed by atoms with van der Waals surface area (Å²) < 4.78 is 11.0. The summed E-state index contributed by atoms with van der Waals surface area (Å²) in [5, 5.41) is 0. The Bertz CT molecular complexity index is 463. The minimum atomic E-state index is -0.0423. The van der Waals surface area contributed by atoms with Crippen LogP contribution in [0.1, 0.15) is 31.1 Å². The number of hydrogen-bond donors (Lipinski definition) is 1. The van der Waals surface area contributed by atoms with E-state index in [4.69, 9.17) is 15.2 Å². The van der Waals surface area contributed by atoms with E-state index in [9.17, 15) is 4.79 Å². The Morgan fingerprint density at radius 3 is 2.43 bits per heavy atom. The molecule has 5 heteroatoms. The normalized spacial score (nSPS) is 11.9. The summed E-state index contributed by atoms with van der Waals surface area (Å²) in [7, 11) is 1.78. The van der Waals surface area contributed by atoms with E-state index in [0.717, 1.165) is 0 Å². The molecule has 0 radical (unpaired) electrons. The molecule has 21 heavy (non-hydrogen) atoms. The van der Waals surface area contributed by atoms with E-state index in [1.165, 1.54) is 0 Å². The van der Waals surface area contributed by atoms with Crippen LogP contribution < -0.4 is 15.2 Å². The first kappa shape index (κ1) is 17.3. The molecule has 0 aliphatic rings. The average Bonchev–Trinajstić information content (AvgIpc) is 2.48. The Balaban J connectivity index is 2.91. The summed E-state index contributed by atoms with van der Waals surface area (Å²) in [6.07, 6.45) is 0. The zero-order chi connectivity index (χ0) is 15.8. The number of hydrogen-bond acceptors (Lipinski definition) is 4. The maximum absolute atomic E-state index is 12.4. The van der Waals surface area contributed by atoms with Crippen molar-refractivity contribution in [2.24, 2.45) is 11.7 Å². The highest BCUT2D eigenvalue weighted by molar-refractivity contribution is 5.94. The molecule has 1 aromatic carbocycles. The monoisotopic (exact) mass is 294 g/mol. The highest BCUT2D eigenvalue weighted by Crippen LogP contribution is 2.29. The number of benzene rings is 1. The van der Waals surface area contributed by atoms with Gasteiger partial charge in [0, 0.05) is 19.2 Å². The van der Waals surface area contributed by atoms with E-state index in [-0.39, 0.29) is 11.8 Å². The van der Waals surface area contributed by atoms with Crippen LogP contribution in [-0.2, 0) is 0 Å². The summed E-state index contributed by atoms with van der Waals surface area (Å²) in [4.78, 5) is 14.1. The van der Waals surface area contributed by atoms with Gasteiger partial charge in [-0.1, -0.05) is 6.92 Å². The minimum absolute atomic E-state index is 0.0423. The molecule has 0 bridgehead atoms. The third kappa shape index (κ3) is 4.93. The molecule has 0 aliphatic carbocycles. The molecule has 1 aromatic rings. The van der Waals surface area contributed by atoms with Gasteiger partial charge < -0.3 is 20.1 Å². The van der Waals surface area contributed by atoms with Crippen molar-refractivity contribution in [3.8, 4) is 11.5 Å². The fourth-order valence-electron chi connectivity index (χ4n) is 2.03. The predicted octanol–water partition coefficient (Wildman–Crippen LogP) is 2.15. The van der Waals surface area contributed by atoms with E-state index in [1.54, 1.807) is 30.1 Å². The van der Waals surface area contributed by atoms with Gasteiger partial charge in [-0.15, -0.1) is 0 Å². The SMILES string of the molecule is CCOc1ccc(C(=O)N(C)CC(C)CN)cc1OCC. The fraction of sp³-hybridized carbons (Fsp3) is 0.562. The Morgan fingerprint density at radius 2 is 1.86 bits per heavy atom. The Labute approximate surface area is 127 Å². The lowest BCUT2D eigenvalue weighted by molar-refractivity contribution is 0.0777. The van der Waals surface area contributed by atoms with Crippen molar-refractivity contribution in [2.75, 3.05) is 33.4 Å². The Hall–Kier alpha value is -1.75. The van der Waals surface area contributed by atoms with Gasteiger partial charge in [-0.05, 0) is 44.5 Å². The lowest BCUT2D eigenvalue weighted by atomic mass is 10.1. The molecule has 0 heterocycles. The molecule has 0 fully saturated rings. The molecule has 1 atom stereocenters. The summed E-state index contributed by atoms with van der Waals surface area (Å²) in [6.45, 7) is 8.11. The first-order valence-electron chi connectivity index (χ1n) is 7.38. The number of amides is 1. The van der Waals surface area contributed by atoms with Crippen LogP contribution in [0.15, 0.2) is 18.2 Å². The lowest BCUT2D eigenvalue weighted by Gasteiger charge is -2.21. The smallest absolute Gasteiger partial charge is 0.253 e. The van der Waals surface area contributed by atoms with E-state index in [0.29, 0.717) is 43.4 Å². The van der Waals surface area contributed by atoms with Crippen LogP contribution in [0.5, 0.6) is 11.5 Å². The zero-order valence-corrected chi connectivity index (χ0v) is 13.4. The quantitative estimate of drug-likeness (QED) is 0.798. The Kier molecular flexibility index (Phi) is 7.02. The van der Waals surface area contributed by atoms with Gasteiger partial charge in [-0.3, -0.25) is 4.79 Å². The summed E-state index contributed by atoms with van der Waals surface area (Å²) in [6, 6.07) is 5.28. The molecular weight excluding hydrogens is 268 g/mol. The van der Waals surface area contributed by atoms with Crippen molar-refractivity contribution in [1.82, 2.24) is 4.90 Å². The van der Waals surface area contributed by atoms with Crippen molar-refractivity contribution >= 4 is 5.91 Å². The van der Waals surface area contributed by atoms with Gasteiger partial charge in [0.25, 0.3) is 5.91 Å². The number of nitrogens with two attached hydrogens (primary N) is 1. The average molecular weight is 294 g/mol.